The molecule has 0 aliphatic heterocycles. The zero-order valence-electron chi connectivity index (χ0n) is 12.1. The highest BCUT2D eigenvalue weighted by molar-refractivity contribution is 5.63. The van der Waals surface area contributed by atoms with Gasteiger partial charge in [0.25, 0.3) is 0 Å². The second-order valence-corrected chi connectivity index (χ2v) is 4.82. The van der Waals surface area contributed by atoms with Gasteiger partial charge in [-0.3, -0.25) is 0 Å². The second-order valence-electron chi connectivity index (χ2n) is 4.82. The lowest BCUT2D eigenvalue weighted by Crippen LogP contribution is -2.13. The fraction of sp³-hybridized carbons (Fsp3) is 0.235. The van der Waals surface area contributed by atoms with E-state index in [9.17, 15) is 0 Å². The molecule has 0 aliphatic carbocycles. The summed E-state index contributed by atoms with van der Waals surface area (Å²) in [7, 11) is 3.99. The minimum Gasteiger partial charge on any atom is -0.345 e. The smallest absolute Gasteiger partial charge is 0.0991 e. The minimum atomic E-state index is 0.351. The number of nitriles is 1. The molecule has 0 aliphatic rings. The van der Waals surface area contributed by atoms with Gasteiger partial charge in [0.15, 0.2) is 0 Å². The summed E-state index contributed by atoms with van der Waals surface area (Å²) < 4.78 is 0. The monoisotopic (exact) mass is 265 g/mol. The first-order chi connectivity index (χ1) is 9.65. The molecule has 1 atom stereocenters. The highest BCUT2D eigenvalue weighted by Crippen LogP contribution is 2.25. The highest BCUT2D eigenvalue weighted by atomic mass is 15.1. The third kappa shape index (κ3) is 2.98. The average molecular weight is 265 g/mol. The molecule has 0 radical (unpaired) electrons. The molecule has 0 amide bonds. The van der Waals surface area contributed by atoms with Crippen molar-refractivity contribution in [3.8, 4) is 6.07 Å². The first-order valence-corrected chi connectivity index (χ1v) is 6.67. The lowest BCUT2D eigenvalue weighted by atomic mass is 10.1. The predicted molar refractivity (Wildman–Crippen MR) is 83.1 cm³/mol. The van der Waals surface area contributed by atoms with E-state index in [1.165, 1.54) is 5.56 Å². The largest absolute Gasteiger partial charge is 0.345 e. The van der Waals surface area contributed by atoms with Crippen LogP contribution in [0.5, 0.6) is 0 Å². The van der Waals surface area contributed by atoms with Crippen LogP contribution in [0.2, 0.25) is 0 Å². The molecular formula is C17H19N3. The van der Waals surface area contributed by atoms with Gasteiger partial charge in [-0.25, -0.2) is 0 Å². The lowest BCUT2D eigenvalue weighted by molar-refractivity contribution is 0.652. The van der Waals surface area contributed by atoms with Gasteiger partial charge in [-0.1, -0.05) is 12.1 Å². The molecule has 102 valence electrons. The lowest BCUT2D eigenvalue weighted by Gasteiger charge is -2.20. The fourth-order valence-electron chi connectivity index (χ4n) is 2.06. The number of nitrogens with one attached hydrogen (secondary N) is 1. The van der Waals surface area contributed by atoms with Crippen molar-refractivity contribution >= 4 is 11.4 Å². The normalized spacial score (nSPS) is 11.7. The molecule has 2 aromatic rings. The van der Waals surface area contributed by atoms with Gasteiger partial charge in [0.2, 0.25) is 0 Å². The number of anilines is 2. The molecule has 0 saturated carbocycles. The second kappa shape index (κ2) is 6.23. The summed E-state index contributed by atoms with van der Waals surface area (Å²) in [6, 6.07) is 18.6. The maximum absolute atomic E-state index is 8.82. The molecule has 3 nitrogen and oxygen atoms in total. The van der Waals surface area contributed by atoms with Crippen LogP contribution in [-0.2, 0) is 0 Å². The summed E-state index contributed by atoms with van der Waals surface area (Å²) in [5.41, 5.74) is 4.14. The van der Waals surface area contributed by atoms with E-state index in [4.69, 9.17) is 5.26 Å². The fourth-order valence-corrected chi connectivity index (χ4v) is 2.06. The summed E-state index contributed by atoms with van der Waals surface area (Å²) in [6.45, 7) is 2.14. The zero-order chi connectivity index (χ0) is 14.5. The van der Waals surface area contributed by atoms with Gasteiger partial charge < -0.3 is 10.2 Å². The van der Waals surface area contributed by atoms with Crippen LogP contribution in [0.15, 0.2) is 48.5 Å². The number of nitrogens with zero attached hydrogens (tertiary/aromatic N) is 2. The zero-order valence-corrected chi connectivity index (χ0v) is 12.1. The van der Waals surface area contributed by atoms with Crippen LogP contribution in [0.3, 0.4) is 0 Å². The molecule has 1 N–H and O–H groups in total. The Morgan fingerprint density at radius 3 is 1.95 bits per heavy atom. The Kier molecular flexibility index (Phi) is 4.39. The van der Waals surface area contributed by atoms with E-state index >= 15 is 0 Å². The first kappa shape index (κ1) is 14.1. The molecule has 0 fully saturated rings. The van der Waals surface area contributed by atoms with Gasteiger partial charge in [-0.2, -0.15) is 5.26 Å². The van der Waals surface area contributed by atoms with E-state index in [1.54, 1.807) is 0 Å². The van der Waals surface area contributed by atoms with Crippen LogP contribution >= 0.6 is 0 Å². The third-order valence-electron chi connectivity index (χ3n) is 3.60. The topological polar surface area (TPSA) is 39.1 Å². The predicted octanol–water partition coefficient (Wildman–Crippen LogP) is 3.61. The van der Waals surface area contributed by atoms with Crippen LogP contribution < -0.4 is 10.2 Å². The Balaban J connectivity index is 2.20. The van der Waals surface area contributed by atoms with Crippen molar-refractivity contribution in [1.29, 1.82) is 5.26 Å². The SMILES string of the molecule is CNC(C)c1ccc(N(C)c2ccc(C#N)cc2)cc1. The molecule has 0 spiro atoms. The molecule has 1 unspecified atom stereocenters. The molecule has 2 rings (SSSR count). The number of benzene rings is 2. The molecule has 0 heterocycles. The van der Waals surface area contributed by atoms with Crippen LogP contribution in [0.1, 0.15) is 24.1 Å². The van der Waals surface area contributed by atoms with Crippen molar-refractivity contribution in [1.82, 2.24) is 5.32 Å². The Labute approximate surface area is 120 Å². The van der Waals surface area contributed by atoms with Crippen molar-refractivity contribution in [3.63, 3.8) is 0 Å². The summed E-state index contributed by atoms with van der Waals surface area (Å²) in [5.74, 6) is 0. The molecule has 3 heteroatoms. The maximum atomic E-state index is 8.82. The molecule has 20 heavy (non-hydrogen) atoms. The minimum absolute atomic E-state index is 0.351. The summed E-state index contributed by atoms with van der Waals surface area (Å²) in [5, 5.41) is 12.1. The van der Waals surface area contributed by atoms with Crippen LogP contribution in [0.4, 0.5) is 11.4 Å². The van der Waals surface area contributed by atoms with Gasteiger partial charge in [0.05, 0.1) is 11.6 Å². The molecule has 0 saturated heterocycles. The Bertz CT molecular complexity index is 594. The van der Waals surface area contributed by atoms with Crippen molar-refractivity contribution in [3.05, 3.63) is 59.7 Å². The van der Waals surface area contributed by atoms with Gasteiger partial charge in [0, 0.05) is 24.5 Å². The summed E-state index contributed by atoms with van der Waals surface area (Å²) in [4.78, 5) is 2.11. The third-order valence-corrected chi connectivity index (χ3v) is 3.60. The summed E-state index contributed by atoms with van der Waals surface area (Å²) >= 11 is 0. The van der Waals surface area contributed by atoms with Crippen LogP contribution in [0.25, 0.3) is 0 Å². The number of hydrogen-bond donors (Lipinski definition) is 1. The van der Waals surface area contributed by atoms with Crippen LogP contribution in [-0.4, -0.2) is 14.1 Å². The Hall–Kier alpha value is -2.31. The first-order valence-electron chi connectivity index (χ1n) is 6.67. The van der Waals surface area contributed by atoms with Crippen molar-refractivity contribution in [2.24, 2.45) is 0 Å². The van der Waals surface area contributed by atoms with Gasteiger partial charge >= 0.3 is 0 Å². The van der Waals surface area contributed by atoms with Crippen molar-refractivity contribution in [2.45, 2.75) is 13.0 Å². The van der Waals surface area contributed by atoms with Crippen molar-refractivity contribution < 1.29 is 0 Å². The molecule has 0 bridgehead atoms. The van der Waals surface area contributed by atoms with Gasteiger partial charge in [-0.15, -0.1) is 0 Å². The Morgan fingerprint density at radius 2 is 1.50 bits per heavy atom. The maximum Gasteiger partial charge on any atom is 0.0991 e. The van der Waals surface area contributed by atoms with E-state index in [0.29, 0.717) is 11.6 Å². The number of hydrogen-bond acceptors (Lipinski definition) is 3. The summed E-state index contributed by atoms with van der Waals surface area (Å²) in [6.07, 6.45) is 0. The highest BCUT2D eigenvalue weighted by Gasteiger charge is 2.06. The Morgan fingerprint density at radius 1 is 1.00 bits per heavy atom. The average Bonchev–Trinajstić information content (AvgIpc) is 2.53. The molecule has 2 aromatic carbocycles. The number of rotatable bonds is 4. The van der Waals surface area contributed by atoms with E-state index < -0.39 is 0 Å². The van der Waals surface area contributed by atoms with Crippen molar-refractivity contribution in [2.75, 3.05) is 19.0 Å². The van der Waals surface area contributed by atoms with Crippen LogP contribution in [0, 0.1) is 11.3 Å². The van der Waals surface area contributed by atoms with Gasteiger partial charge in [0.1, 0.15) is 0 Å². The van der Waals surface area contributed by atoms with E-state index in [0.717, 1.165) is 11.4 Å². The van der Waals surface area contributed by atoms with E-state index in [-0.39, 0.29) is 0 Å². The molecule has 0 aromatic heterocycles. The standard InChI is InChI=1S/C17H19N3/c1-13(19-2)15-6-10-17(11-7-15)20(3)16-8-4-14(12-18)5-9-16/h4-11,13,19H,1-3H3. The van der Waals surface area contributed by atoms with E-state index in [2.05, 4.69) is 47.5 Å². The quantitative estimate of drug-likeness (QED) is 0.918. The molecular weight excluding hydrogens is 246 g/mol. The van der Waals surface area contributed by atoms with E-state index in [1.807, 2.05) is 38.4 Å². The van der Waals surface area contributed by atoms with Gasteiger partial charge in [-0.05, 0) is 55.9 Å².